The third-order valence-corrected chi connectivity index (χ3v) is 4.91. The van der Waals surface area contributed by atoms with Crippen LogP contribution < -0.4 is 15.8 Å². The van der Waals surface area contributed by atoms with E-state index in [4.69, 9.17) is 0 Å². The van der Waals surface area contributed by atoms with Gasteiger partial charge in [0.1, 0.15) is 6.54 Å². The van der Waals surface area contributed by atoms with Gasteiger partial charge < -0.3 is 10.2 Å². The summed E-state index contributed by atoms with van der Waals surface area (Å²) in [5.74, 6) is -0.414. The molecule has 7 nitrogen and oxygen atoms in total. The lowest BCUT2D eigenvalue weighted by Gasteiger charge is -2.28. The Hall–Kier alpha value is -3.48. The summed E-state index contributed by atoms with van der Waals surface area (Å²) in [6, 6.07) is 12.3. The van der Waals surface area contributed by atoms with Crippen molar-refractivity contribution in [3.63, 3.8) is 0 Å². The second kappa shape index (κ2) is 6.92. The summed E-state index contributed by atoms with van der Waals surface area (Å²) >= 11 is 0. The van der Waals surface area contributed by atoms with Crippen LogP contribution in [0.15, 0.2) is 53.6 Å². The summed E-state index contributed by atoms with van der Waals surface area (Å²) in [5, 5.41) is 3.31. The van der Waals surface area contributed by atoms with Crippen molar-refractivity contribution in [1.82, 2.24) is 9.55 Å². The average molecular weight is 376 g/mol. The number of aryl methyl sites for hydroxylation is 1. The molecule has 2 heterocycles. The van der Waals surface area contributed by atoms with E-state index in [0.717, 1.165) is 5.56 Å². The number of hydrogen-bond donors (Lipinski definition) is 1. The van der Waals surface area contributed by atoms with Crippen LogP contribution in [0, 0.1) is 6.92 Å². The Morgan fingerprint density at radius 2 is 2.00 bits per heavy atom. The molecule has 0 radical (unpaired) electrons. The van der Waals surface area contributed by atoms with Crippen molar-refractivity contribution in [3.05, 3.63) is 64.7 Å². The van der Waals surface area contributed by atoms with E-state index in [-0.39, 0.29) is 36.4 Å². The Morgan fingerprint density at radius 1 is 1.21 bits per heavy atom. The maximum atomic E-state index is 13.2. The van der Waals surface area contributed by atoms with Crippen molar-refractivity contribution in [3.8, 4) is 0 Å². The zero-order valence-corrected chi connectivity index (χ0v) is 15.7. The minimum Gasteiger partial charge on any atom is -0.324 e. The summed E-state index contributed by atoms with van der Waals surface area (Å²) in [7, 11) is 0. The van der Waals surface area contributed by atoms with Gasteiger partial charge in [-0.15, -0.1) is 0 Å². The molecular weight excluding hydrogens is 356 g/mol. The molecule has 4 rings (SSSR count). The zero-order chi connectivity index (χ0) is 19.8. The number of hydrogen-bond acceptors (Lipinski definition) is 4. The molecule has 0 spiro atoms. The standard InChI is InChI=1S/C21H20N4O3/c1-13-7-8-16-15(9-13)21(28)24(12-22-16)11-20(27)25-14(2)10-19(26)23-17-5-3-4-6-18(17)25/h3-9,12,14H,10-11H2,1-2H3,(H,23,26)/t14-/m1/s1. The molecule has 28 heavy (non-hydrogen) atoms. The fourth-order valence-electron chi connectivity index (χ4n) is 3.58. The van der Waals surface area contributed by atoms with Crippen molar-refractivity contribution < 1.29 is 9.59 Å². The molecule has 1 aliphatic rings. The predicted octanol–water partition coefficient (Wildman–Crippen LogP) is 2.47. The zero-order valence-electron chi connectivity index (χ0n) is 15.7. The van der Waals surface area contributed by atoms with Crippen molar-refractivity contribution in [2.75, 3.05) is 10.2 Å². The molecule has 0 saturated carbocycles. The third-order valence-electron chi connectivity index (χ3n) is 4.91. The molecule has 0 aliphatic carbocycles. The van der Waals surface area contributed by atoms with E-state index in [1.165, 1.54) is 10.9 Å². The Labute approximate surface area is 161 Å². The van der Waals surface area contributed by atoms with Crippen LogP contribution in [0.4, 0.5) is 11.4 Å². The van der Waals surface area contributed by atoms with Gasteiger partial charge in [-0.05, 0) is 38.1 Å². The number of amides is 2. The molecule has 7 heteroatoms. The highest BCUT2D eigenvalue weighted by molar-refractivity contribution is 6.04. The molecule has 1 N–H and O–H groups in total. The summed E-state index contributed by atoms with van der Waals surface area (Å²) in [6.07, 6.45) is 1.58. The highest BCUT2D eigenvalue weighted by Gasteiger charge is 2.29. The molecule has 0 fully saturated rings. The normalized spacial score (nSPS) is 16.4. The molecule has 142 valence electrons. The number of rotatable bonds is 2. The second-order valence-electron chi connectivity index (χ2n) is 7.08. The van der Waals surface area contributed by atoms with E-state index in [2.05, 4.69) is 10.3 Å². The van der Waals surface area contributed by atoms with Crippen LogP contribution in [-0.4, -0.2) is 27.4 Å². The Kier molecular flexibility index (Phi) is 4.43. The number of carbonyl (C=O) groups is 2. The maximum Gasteiger partial charge on any atom is 0.261 e. The SMILES string of the molecule is Cc1ccc2ncn(CC(=O)N3c4ccccc4NC(=O)C[C@H]3C)c(=O)c2c1. The minimum atomic E-state index is -0.331. The minimum absolute atomic E-state index is 0.143. The molecule has 1 aromatic heterocycles. The third kappa shape index (κ3) is 3.15. The van der Waals surface area contributed by atoms with Gasteiger partial charge in [-0.1, -0.05) is 23.8 Å². The van der Waals surface area contributed by atoms with Gasteiger partial charge in [0.05, 0.1) is 28.6 Å². The molecule has 1 aliphatic heterocycles. The summed E-state index contributed by atoms with van der Waals surface area (Å²) in [6.45, 7) is 3.58. The second-order valence-corrected chi connectivity index (χ2v) is 7.08. The number of anilines is 2. The molecule has 0 unspecified atom stereocenters. The van der Waals surface area contributed by atoms with Gasteiger partial charge in [0, 0.05) is 12.5 Å². The van der Waals surface area contributed by atoms with Crippen LogP contribution in [0.1, 0.15) is 18.9 Å². The number of fused-ring (bicyclic) bond motifs is 2. The first-order chi connectivity index (χ1) is 13.4. The molecule has 3 aromatic rings. The first-order valence-electron chi connectivity index (χ1n) is 9.11. The van der Waals surface area contributed by atoms with E-state index in [1.54, 1.807) is 35.2 Å². The number of nitrogens with zero attached hydrogens (tertiary/aromatic N) is 3. The summed E-state index contributed by atoms with van der Waals surface area (Å²) < 4.78 is 1.32. The largest absolute Gasteiger partial charge is 0.324 e. The van der Waals surface area contributed by atoms with Gasteiger partial charge in [0.2, 0.25) is 11.8 Å². The summed E-state index contributed by atoms with van der Waals surface area (Å²) in [4.78, 5) is 44.0. The number of aromatic nitrogens is 2. The van der Waals surface area contributed by atoms with Crippen molar-refractivity contribution >= 4 is 34.1 Å². The number of carbonyl (C=O) groups excluding carboxylic acids is 2. The molecule has 2 amide bonds. The van der Waals surface area contributed by atoms with Crippen molar-refractivity contribution in [2.24, 2.45) is 0 Å². The smallest absolute Gasteiger partial charge is 0.261 e. The average Bonchev–Trinajstić information content (AvgIpc) is 2.78. The lowest BCUT2D eigenvalue weighted by molar-refractivity contribution is -0.120. The van der Waals surface area contributed by atoms with Gasteiger partial charge in [0.15, 0.2) is 0 Å². The molecule has 0 bridgehead atoms. The van der Waals surface area contributed by atoms with Crippen LogP contribution in [0.3, 0.4) is 0 Å². The first kappa shape index (κ1) is 17.9. The topological polar surface area (TPSA) is 84.3 Å². The number of nitrogens with one attached hydrogen (secondary N) is 1. The monoisotopic (exact) mass is 376 g/mol. The van der Waals surface area contributed by atoms with E-state index in [1.807, 2.05) is 26.0 Å². The lowest BCUT2D eigenvalue weighted by Crippen LogP contribution is -2.42. The fraction of sp³-hybridized carbons (Fsp3) is 0.238. The van der Waals surface area contributed by atoms with E-state index < -0.39 is 0 Å². The number of benzene rings is 2. The van der Waals surface area contributed by atoms with Crippen molar-refractivity contribution in [2.45, 2.75) is 32.9 Å². The van der Waals surface area contributed by atoms with Crippen LogP contribution >= 0.6 is 0 Å². The fourth-order valence-corrected chi connectivity index (χ4v) is 3.58. The molecule has 0 saturated heterocycles. The van der Waals surface area contributed by atoms with Crippen LogP contribution in [0.5, 0.6) is 0 Å². The van der Waals surface area contributed by atoms with Gasteiger partial charge >= 0.3 is 0 Å². The predicted molar refractivity (Wildman–Crippen MR) is 107 cm³/mol. The van der Waals surface area contributed by atoms with Crippen LogP contribution in [-0.2, 0) is 16.1 Å². The lowest BCUT2D eigenvalue weighted by atomic mass is 10.1. The van der Waals surface area contributed by atoms with Gasteiger partial charge in [-0.3, -0.25) is 19.0 Å². The van der Waals surface area contributed by atoms with Gasteiger partial charge in [0.25, 0.3) is 5.56 Å². The Balaban J connectivity index is 1.72. The van der Waals surface area contributed by atoms with Crippen molar-refractivity contribution in [1.29, 1.82) is 0 Å². The highest BCUT2D eigenvalue weighted by atomic mass is 16.2. The van der Waals surface area contributed by atoms with E-state index >= 15 is 0 Å². The van der Waals surface area contributed by atoms with E-state index in [0.29, 0.717) is 22.3 Å². The van der Waals surface area contributed by atoms with E-state index in [9.17, 15) is 14.4 Å². The maximum absolute atomic E-state index is 13.2. The summed E-state index contributed by atoms with van der Waals surface area (Å²) in [5.41, 5.74) is 2.51. The quantitative estimate of drug-likeness (QED) is 0.745. The Morgan fingerprint density at radius 3 is 2.82 bits per heavy atom. The van der Waals surface area contributed by atoms with Gasteiger partial charge in [-0.25, -0.2) is 4.98 Å². The highest BCUT2D eigenvalue weighted by Crippen LogP contribution is 2.31. The first-order valence-corrected chi connectivity index (χ1v) is 9.11. The molecular formula is C21H20N4O3. The van der Waals surface area contributed by atoms with Crippen LogP contribution in [0.2, 0.25) is 0 Å². The van der Waals surface area contributed by atoms with Crippen LogP contribution in [0.25, 0.3) is 10.9 Å². The molecule has 1 atom stereocenters. The van der Waals surface area contributed by atoms with Gasteiger partial charge in [-0.2, -0.15) is 0 Å². The Bertz CT molecular complexity index is 1150. The molecule has 2 aromatic carbocycles. The number of para-hydroxylation sites is 2.